The molecule has 0 fully saturated rings. The van der Waals surface area contributed by atoms with Crippen LogP contribution in [0.5, 0.6) is 0 Å². The van der Waals surface area contributed by atoms with Gasteiger partial charge in [-0.3, -0.25) is 0 Å². The van der Waals surface area contributed by atoms with Crippen molar-refractivity contribution < 1.29 is 25.9 Å². The Morgan fingerprint density at radius 3 is 2.14 bits per heavy atom. The fourth-order valence-corrected chi connectivity index (χ4v) is 6.76. The summed E-state index contributed by atoms with van der Waals surface area (Å²) in [6, 6.07) is 41.6. The second kappa shape index (κ2) is 14.8. The summed E-state index contributed by atoms with van der Waals surface area (Å²) in [6.45, 7) is 17.4. The summed E-state index contributed by atoms with van der Waals surface area (Å²) in [5.41, 5.74) is 9.78. The molecule has 3 aromatic heterocycles. The maximum atomic E-state index is 8.77. The number of fused-ring (bicyclic) bond motifs is 3. The molecule has 0 aliphatic heterocycles. The van der Waals surface area contributed by atoms with Crippen molar-refractivity contribution in [1.82, 2.24) is 9.97 Å². The van der Waals surface area contributed by atoms with Crippen LogP contribution in [-0.4, -0.2) is 18.0 Å². The van der Waals surface area contributed by atoms with Gasteiger partial charge in [-0.25, -0.2) is 0 Å². The molecule has 1 radical (unpaired) electrons. The number of rotatable bonds is 5. The molecule has 0 saturated heterocycles. The van der Waals surface area contributed by atoms with E-state index < -0.39 is 14.0 Å². The number of pyridine rings is 2. The number of hydrogen-bond acceptors (Lipinski definition) is 3. The van der Waals surface area contributed by atoms with Crippen LogP contribution in [0.4, 0.5) is 0 Å². The molecule has 7 rings (SSSR count). The Morgan fingerprint density at radius 2 is 1.51 bits per heavy atom. The fourth-order valence-electron chi connectivity index (χ4n) is 5.73. The van der Waals surface area contributed by atoms with E-state index in [-0.39, 0.29) is 25.5 Å². The van der Waals surface area contributed by atoms with E-state index in [1.54, 1.807) is 0 Å². The molecule has 49 heavy (non-hydrogen) atoms. The van der Waals surface area contributed by atoms with Crippen molar-refractivity contribution in [3.8, 4) is 33.6 Å². The van der Waals surface area contributed by atoms with Crippen molar-refractivity contribution in [1.29, 1.82) is 0 Å². The van der Waals surface area contributed by atoms with Crippen LogP contribution in [0.3, 0.4) is 0 Å². The summed E-state index contributed by atoms with van der Waals surface area (Å²) in [4.78, 5) is 9.11. The second-order valence-electron chi connectivity index (χ2n) is 14.6. The second-order valence-corrected chi connectivity index (χ2v) is 19.7. The van der Waals surface area contributed by atoms with Crippen molar-refractivity contribution in [2.24, 2.45) is 0 Å². The van der Waals surface area contributed by atoms with Crippen LogP contribution in [0.1, 0.15) is 53.0 Å². The van der Waals surface area contributed by atoms with E-state index in [0.29, 0.717) is 0 Å². The first-order chi connectivity index (χ1) is 23.2. The molecule has 0 aliphatic rings. The molecule has 0 saturated carbocycles. The van der Waals surface area contributed by atoms with E-state index >= 15 is 0 Å². The molecule has 0 aliphatic carbocycles. The van der Waals surface area contributed by atoms with Crippen LogP contribution in [-0.2, 0) is 25.5 Å². The van der Waals surface area contributed by atoms with Crippen LogP contribution in [0.2, 0.25) is 19.6 Å². The monoisotopic (exact) mass is 838 g/mol. The molecule has 0 amide bonds. The average Bonchev–Trinajstić information content (AvgIpc) is 3.45. The SMILES string of the molecule is C[Si](C)(C)c1ccc(-c2[c-]cccc2)nc1.[2H]C(C)(C)c1cc(-c2ccccc2)cc2c1oc1cc(-c3cc(C(C)(C)C)ccn3)[c-]cc12.[Ir]. The van der Waals surface area contributed by atoms with Crippen LogP contribution >= 0.6 is 0 Å². The molecule has 251 valence electrons. The van der Waals surface area contributed by atoms with Gasteiger partial charge in [0.1, 0.15) is 5.58 Å². The predicted molar refractivity (Wildman–Crippen MR) is 206 cm³/mol. The molecule has 0 atom stereocenters. The van der Waals surface area contributed by atoms with Gasteiger partial charge in [0, 0.05) is 33.9 Å². The zero-order valence-corrected chi connectivity index (χ0v) is 33.0. The fraction of sp³-hybridized carbons (Fsp3) is 0.227. The summed E-state index contributed by atoms with van der Waals surface area (Å²) >= 11 is 0. The van der Waals surface area contributed by atoms with Crippen LogP contribution in [0, 0.1) is 12.1 Å². The number of nitrogens with zero attached hydrogens (tertiary/aromatic N) is 2. The van der Waals surface area contributed by atoms with E-state index in [9.17, 15) is 0 Å². The summed E-state index contributed by atoms with van der Waals surface area (Å²) in [7, 11) is -1.23. The molecule has 0 bridgehead atoms. The third kappa shape index (κ3) is 8.19. The Kier molecular flexibility index (Phi) is 10.5. The maximum absolute atomic E-state index is 8.77. The molecule has 3 nitrogen and oxygen atoms in total. The number of furan rings is 1. The van der Waals surface area contributed by atoms with E-state index in [2.05, 4.69) is 111 Å². The van der Waals surface area contributed by atoms with Gasteiger partial charge >= 0.3 is 0 Å². The molecule has 7 aromatic rings. The minimum Gasteiger partial charge on any atom is -0.476 e. The summed E-state index contributed by atoms with van der Waals surface area (Å²) < 4.78 is 15.2. The molecule has 0 spiro atoms. The van der Waals surface area contributed by atoms with Gasteiger partial charge in [0.05, 0.1) is 13.7 Å². The number of benzene rings is 4. The zero-order chi connectivity index (χ0) is 35.0. The Balaban J connectivity index is 0.000000241. The van der Waals surface area contributed by atoms with Gasteiger partial charge in [0.25, 0.3) is 0 Å². The van der Waals surface area contributed by atoms with E-state index in [1.165, 1.54) is 10.8 Å². The van der Waals surface area contributed by atoms with Gasteiger partial charge in [-0.1, -0.05) is 120 Å². The van der Waals surface area contributed by atoms with Gasteiger partial charge in [0.2, 0.25) is 0 Å². The van der Waals surface area contributed by atoms with Crippen molar-refractivity contribution in [2.75, 3.05) is 0 Å². The van der Waals surface area contributed by atoms with E-state index in [0.717, 1.165) is 61.1 Å². The van der Waals surface area contributed by atoms with E-state index in [4.69, 9.17) is 5.79 Å². The van der Waals surface area contributed by atoms with Gasteiger partial charge in [-0.2, -0.15) is 0 Å². The van der Waals surface area contributed by atoms with Gasteiger partial charge in [0.15, 0.2) is 0 Å². The van der Waals surface area contributed by atoms with Crippen molar-refractivity contribution in [2.45, 2.75) is 65.6 Å². The third-order valence-corrected chi connectivity index (χ3v) is 10.7. The van der Waals surface area contributed by atoms with Gasteiger partial charge in [-0.05, 0) is 67.7 Å². The minimum absolute atomic E-state index is 0. The van der Waals surface area contributed by atoms with Crippen LogP contribution in [0.25, 0.3) is 55.6 Å². The maximum Gasteiger partial charge on any atom is 0.127 e. The number of aromatic nitrogens is 2. The average molecular weight is 838 g/mol. The molecule has 0 N–H and O–H groups in total. The van der Waals surface area contributed by atoms with Crippen molar-refractivity contribution in [3.05, 3.63) is 139 Å². The Labute approximate surface area is 307 Å². The first kappa shape index (κ1) is 34.7. The Hall–Kier alpha value is -4.15. The third-order valence-electron chi connectivity index (χ3n) is 8.67. The zero-order valence-electron chi connectivity index (χ0n) is 30.6. The standard InChI is InChI=1S/C30H28NO.C14H16NSi.Ir/c1-19(2)25-15-22(20-9-7-6-8-10-20)16-26-24-12-11-21(17-28(24)32-29(25)26)27-18-23(13-14-31-27)30(3,4)5;1-16(2,3)13-9-10-14(15-11-13)12-7-5-4-6-8-12;/h6-10,12-19H,1-5H3;4-7,9-11H,1-3H3;/q2*-1;/i19D;;. The van der Waals surface area contributed by atoms with E-state index in [1.807, 2.05) is 80.8 Å². The number of hydrogen-bond donors (Lipinski definition) is 0. The summed E-state index contributed by atoms with van der Waals surface area (Å²) in [5, 5.41) is 3.41. The topological polar surface area (TPSA) is 38.9 Å². The molecule has 4 aromatic carbocycles. The first-order valence-electron chi connectivity index (χ1n) is 17.1. The van der Waals surface area contributed by atoms with Gasteiger partial charge in [-0.15, -0.1) is 53.6 Å². The molecule has 5 heteroatoms. The predicted octanol–water partition coefficient (Wildman–Crippen LogP) is 11.6. The largest absolute Gasteiger partial charge is 0.476 e. The summed E-state index contributed by atoms with van der Waals surface area (Å²) in [6.07, 6.45) is 3.88. The molecule has 3 heterocycles. The molecular weight excluding hydrogens is 793 g/mol. The van der Waals surface area contributed by atoms with Crippen molar-refractivity contribution in [3.63, 3.8) is 0 Å². The minimum atomic E-state index is -1.23. The van der Waals surface area contributed by atoms with Crippen LogP contribution in [0.15, 0.2) is 120 Å². The van der Waals surface area contributed by atoms with Crippen LogP contribution < -0.4 is 5.19 Å². The van der Waals surface area contributed by atoms with Gasteiger partial charge < -0.3 is 14.4 Å². The first-order valence-corrected chi connectivity index (χ1v) is 20.1. The quantitative estimate of drug-likeness (QED) is 0.128. The smallest absolute Gasteiger partial charge is 0.127 e. The normalized spacial score (nSPS) is 12.2. The Bertz CT molecular complexity index is 2210. The Morgan fingerprint density at radius 1 is 0.755 bits per heavy atom. The molecular formula is C44H44IrN2OSi-2. The molecule has 0 unspecified atom stereocenters. The van der Waals surface area contributed by atoms with Crippen molar-refractivity contribution >= 4 is 35.2 Å². The summed E-state index contributed by atoms with van der Waals surface area (Å²) in [5.74, 6) is -0.800.